The summed E-state index contributed by atoms with van der Waals surface area (Å²) in [6.45, 7) is 8.02. The third kappa shape index (κ3) is 7.40. The van der Waals surface area contributed by atoms with Crippen LogP contribution < -0.4 is 0 Å². The van der Waals surface area contributed by atoms with Crippen LogP contribution in [-0.2, 0) is 11.3 Å². The van der Waals surface area contributed by atoms with E-state index in [1.54, 1.807) is 0 Å². The van der Waals surface area contributed by atoms with Crippen LogP contribution in [0.3, 0.4) is 0 Å². The second-order valence-electron chi connectivity index (χ2n) is 6.46. The zero-order chi connectivity index (χ0) is 18.5. The van der Waals surface area contributed by atoms with Crippen LogP contribution in [0.4, 0.5) is 0 Å². The predicted molar refractivity (Wildman–Crippen MR) is 111 cm³/mol. The first-order valence-electron chi connectivity index (χ1n) is 9.84. The van der Waals surface area contributed by atoms with Gasteiger partial charge in [-0.05, 0) is 49.9 Å². The number of benzene rings is 2. The van der Waals surface area contributed by atoms with Crippen molar-refractivity contribution in [2.45, 2.75) is 39.5 Å². The molecule has 0 saturated carbocycles. The first-order chi connectivity index (χ1) is 12.8. The van der Waals surface area contributed by atoms with E-state index in [-0.39, 0.29) is 0 Å². The van der Waals surface area contributed by atoms with Crippen molar-refractivity contribution in [3.05, 3.63) is 71.8 Å². The number of likely N-dealkylation sites (N-methyl/N-ethyl adjacent to an activating group) is 1. The molecular formula is C23H32N2O. The molecule has 2 aromatic rings. The quantitative estimate of drug-likeness (QED) is 0.299. The number of nitrogens with zero attached hydrogens (tertiary/aromatic N) is 2. The Labute approximate surface area is 158 Å². The molecule has 0 bridgehead atoms. The lowest BCUT2D eigenvalue weighted by atomic mass is 10.0. The average molecular weight is 353 g/mol. The standard InChI is InChI=1S/C23H32N2O/c1-3-25(4-2)19-20-26-24-23(22-16-9-6-10-17-22)18-12-11-15-21-13-7-5-8-14-21/h5-10,13-14,16-17H,3-4,11-12,15,18-20H2,1-2H3/b24-23+. The maximum absolute atomic E-state index is 5.65. The van der Waals surface area contributed by atoms with Gasteiger partial charge in [0.15, 0.2) is 0 Å². The molecule has 0 fully saturated rings. The molecule has 0 saturated heterocycles. The van der Waals surface area contributed by atoms with E-state index in [1.165, 1.54) is 5.56 Å². The van der Waals surface area contributed by atoms with Crippen LogP contribution in [0, 0.1) is 0 Å². The fourth-order valence-corrected chi connectivity index (χ4v) is 2.97. The van der Waals surface area contributed by atoms with E-state index >= 15 is 0 Å². The van der Waals surface area contributed by atoms with Gasteiger partial charge in [0.1, 0.15) is 6.61 Å². The van der Waals surface area contributed by atoms with E-state index in [2.05, 4.69) is 78.5 Å². The molecule has 0 aliphatic carbocycles. The van der Waals surface area contributed by atoms with Crippen molar-refractivity contribution in [1.29, 1.82) is 0 Å². The monoisotopic (exact) mass is 352 g/mol. The first-order valence-corrected chi connectivity index (χ1v) is 9.84. The molecule has 0 radical (unpaired) electrons. The molecule has 2 aromatic carbocycles. The van der Waals surface area contributed by atoms with Crippen molar-refractivity contribution in [3.8, 4) is 0 Å². The van der Waals surface area contributed by atoms with Gasteiger partial charge in [0.25, 0.3) is 0 Å². The maximum atomic E-state index is 5.65. The number of rotatable bonds is 12. The van der Waals surface area contributed by atoms with Crippen LogP contribution in [0.1, 0.15) is 44.2 Å². The number of hydrogen-bond donors (Lipinski definition) is 0. The van der Waals surface area contributed by atoms with Crippen molar-refractivity contribution in [1.82, 2.24) is 4.90 Å². The van der Waals surface area contributed by atoms with E-state index in [0.29, 0.717) is 6.61 Å². The van der Waals surface area contributed by atoms with Crippen molar-refractivity contribution in [2.75, 3.05) is 26.2 Å². The zero-order valence-electron chi connectivity index (χ0n) is 16.2. The molecule has 0 atom stereocenters. The topological polar surface area (TPSA) is 24.8 Å². The Morgan fingerprint density at radius 3 is 2.19 bits per heavy atom. The van der Waals surface area contributed by atoms with Gasteiger partial charge in [0.2, 0.25) is 0 Å². The Morgan fingerprint density at radius 1 is 0.885 bits per heavy atom. The second kappa shape index (κ2) is 12.3. The third-order valence-corrected chi connectivity index (χ3v) is 4.65. The summed E-state index contributed by atoms with van der Waals surface area (Å²) in [6.07, 6.45) is 4.34. The van der Waals surface area contributed by atoms with Gasteiger partial charge in [-0.2, -0.15) is 0 Å². The minimum absolute atomic E-state index is 0.641. The van der Waals surface area contributed by atoms with Crippen molar-refractivity contribution >= 4 is 5.71 Å². The molecule has 0 unspecified atom stereocenters. The van der Waals surface area contributed by atoms with Crippen molar-refractivity contribution < 1.29 is 4.84 Å². The van der Waals surface area contributed by atoms with Crippen LogP contribution in [0.5, 0.6) is 0 Å². The zero-order valence-corrected chi connectivity index (χ0v) is 16.2. The van der Waals surface area contributed by atoms with Crippen LogP contribution in [-0.4, -0.2) is 36.9 Å². The summed E-state index contributed by atoms with van der Waals surface area (Å²) >= 11 is 0. The lowest BCUT2D eigenvalue weighted by Gasteiger charge is -2.16. The molecule has 0 N–H and O–H groups in total. The Kier molecular flexibility index (Phi) is 9.52. The smallest absolute Gasteiger partial charge is 0.129 e. The van der Waals surface area contributed by atoms with E-state index in [9.17, 15) is 0 Å². The normalized spacial score (nSPS) is 11.7. The molecule has 0 aliphatic heterocycles. The summed E-state index contributed by atoms with van der Waals surface area (Å²) in [5, 5.41) is 4.47. The molecule has 26 heavy (non-hydrogen) atoms. The third-order valence-electron chi connectivity index (χ3n) is 4.65. The van der Waals surface area contributed by atoms with Gasteiger partial charge >= 0.3 is 0 Å². The Hall–Kier alpha value is -2.13. The highest BCUT2D eigenvalue weighted by atomic mass is 16.6. The van der Waals surface area contributed by atoms with Gasteiger partial charge in [-0.3, -0.25) is 0 Å². The highest BCUT2D eigenvalue weighted by molar-refractivity contribution is 6.00. The van der Waals surface area contributed by atoms with Crippen LogP contribution in [0.25, 0.3) is 0 Å². The van der Waals surface area contributed by atoms with Gasteiger partial charge < -0.3 is 9.74 Å². The molecule has 0 aromatic heterocycles. The van der Waals surface area contributed by atoms with Crippen LogP contribution >= 0.6 is 0 Å². The average Bonchev–Trinajstić information content (AvgIpc) is 2.71. The largest absolute Gasteiger partial charge is 0.394 e. The maximum Gasteiger partial charge on any atom is 0.129 e. The highest BCUT2D eigenvalue weighted by Gasteiger charge is 2.05. The van der Waals surface area contributed by atoms with Gasteiger partial charge in [0, 0.05) is 6.54 Å². The summed E-state index contributed by atoms with van der Waals surface area (Å²) in [7, 11) is 0. The fourth-order valence-electron chi connectivity index (χ4n) is 2.97. The van der Waals surface area contributed by atoms with Gasteiger partial charge in [-0.25, -0.2) is 0 Å². The molecule has 0 spiro atoms. The fraction of sp³-hybridized carbons (Fsp3) is 0.435. The minimum atomic E-state index is 0.641. The number of hydrogen-bond acceptors (Lipinski definition) is 3. The number of unbranched alkanes of at least 4 members (excludes halogenated alkanes) is 1. The van der Waals surface area contributed by atoms with Gasteiger partial charge in [-0.1, -0.05) is 79.7 Å². The first kappa shape index (κ1) is 20.2. The molecule has 140 valence electrons. The summed E-state index contributed by atoms with van der Waals surface area (Å²) < 4.78 is 0. The molecule has 0 aliphatic rings. The summed E-state index contributed by atoms with van der Waals surface area (Å²) in [5.41, 5.74) is 3.62. The van der Waals surface area contributed by atoms with Crippen molar-refractivity contribution in [3.63, 3.8) is 0 Å². The molecule has 0 amide bonds. The van der Waals surface area contributed by atoms with Gasteiger partial charge in [0.05, 0.1) is 5.71 Å². The summed E-state index contributed by atoms with van der Waals surface area (Å²) in [5.74, 6) is 0. The van der Waals surface area contributed by atoms with Crippen LogP contribution in [0.2, 0.25) is 0 Å². The second-order valence-corrected chi connectivity index (χ2v) is 6.46. The van der Waals surface area contributed by atoms with E-state index in [4.69, 9.17) is 4.84 Å². The Balaban J connectivity index is 1.84. The van der Waals surface area contributed by atoms with E-state index in [0.717, 1.165) is 56.6 Å². The van der Waals surface area contributed by atoms with E-state index in [1.807, 2.05) is 6.07 Å². The lowest BCUT2D eigenvalue weighted by molar-refractivity contribution is 0.114. The summed E-state index contributed by atoms with van der Waals surface area (Å²) in [6, 6.07) is 21.1. The van der Waals surface area contributed by atoms with Gasteiger partial charge in [-0.15, -0.1) is 0 Å². The van der Waals surface area contributed by atoms with E-state index < -0.39 is 0 Å². The van der Waals surface area contributed by atoms with Crippen LogP contribution in [0.15, 0.2) is 65.8 Å². The molecule has 0 heterocycles. The number of aryl methyl sites for hydroxylation is 1. The molecule has 2 rings (SSSR count). The minimum Gasteiger partial charge on any atom is -0.394 e. The highest BCUT2D eigenvalue weighted by Crippen LogP contribution is 2.11. The molecule has 3 nitrogen and oxygen atoms in total. The SMILES string of the molecule is CCN(CC)CCO/N=C(\CCCCc1ccccc1)c1ccccc1. The lowest BCUT2D eigenvalue weighted by Crippen LogP contribution is -2.26. The molecule has 3 heteroatoms. The Morgan fingerprint density at radius 2 is 1.54 bits per heavy atom. The Bertz CT molecular complexity index is 621. The molecular weight excluding hydrogens is 320 g/mol. The van der Waals surface area contributed by atoms with Crippen molar-refractivity contribution in [2.24, 2.45) is 5.16 Å². The predicted octanol–water partition coefficient (Wildman–Crippen LogP) is 5.16. The number of oxime groups is 1. The summed E-state index contributed by atoms with van der Waals surface area (Å²) in [4.78, 5) is 7.99.